The lowest BCUT2D eigenvalue weighted by atomic mass is 10.0. The predicted molar refractivity (Wildman–Crippen MR) is 181 cm³/mol. The highest BCUT2D eigenvalue weighted by Gasteiger charge is 2.35. The number of hydrogen-bond acceptors (Lipinski definition) is 4. The molecule has 9 heteroatoms. The summed E-state index contributed by atoms with van der Waals surface area (Å²) in [7, 11) is -4.20. The van der Waals surface area contributed by atoms with Crippen molar-refractivity contribution in [2.45, 2.75) is 51.6 Å². The first-order chi connectivity index (χ1) is 21.5. The minimum atomic E-state index is -4.20. The molecule has 0 saturated heterocycles. The molecule has 1 atom stereocenters. The fourth-order valence-electron chi connectivity index (χ4n) is 4.99. The smallest absolute Gasteiger partial charge is 0.264 e. The van der Waals surface area contributed by atoms with Crippen LogP contribution in [-0.2, 0) is 32.6 Å². The van der Waals surface area contributed by atoms with Gasteiger partial charge >= 0.3 is 0 Å². The molecule has 0 bridgehead atoms. The van der Waals surface area contributed by atoms with Crippen LogP contribution in [0.2, 0.25) is 5.02 Å². The van der Waals surface area contributed by atoms with Gasteiger partial charge in [0.25, 0.3) is 10.0 Å². The largest absolute Gasteiger partial charge is 0.354 e. The summed E-state index contributed by atoms with van der Waals surface area (Å²) in [6.07, 6.45) is 0.261. The van der Waals surface area contributed by atoms with Crippen LogP contribution in [0, 0.1) is 19.8 Å². The lowest BCUT2D eigenvalue weighted by molar-refractivity contribution is -0.140. The normalized spacial score (nSPS) is 12.0. The average Bonchev–Trinajstić information content (AvgIpc) is 3.01. The predicted octanol–water partition coefficient (Wildman–Crippen LogP) is 6.56. The summed E-state index contributed by atoms with van der Waals surface area (Å²) in [6, 6.07) is 29.2. The molecule has 0 radical (unpaired) electrons. The van der Waals surface area contributed by atoms with Crippen LogP contribution in [0.1, 0.15) is 36.1 Å². The first-order valence-electron chi connectivity index (χ1n) is 15.0. The molecule has 0 aliphatic heterocycles. The molecule has 0 fully saturated rings. The number of nitrogens with one attached hydrogen (secondary N) is 1. The molecule has 1 N–H and O–H groups in total. The number of sulfonamides is 1. The lowest BCUT2D eigenvalue weighted by Gasteiger charge is -2.34. The number of carbonyl (C=O) groups is 2. The Kier molecular flexibility index (Phi) is 11.4. The Bertz CT molecular complexity index is 1710. The number of nitrogens with zero attached hydrogens (tertiary/aromatic N) is 2. The molecule has 4 aromatic carbocycles. The molecular weight excluding hydrogens is 606 g/mol. The van der Waals surface area contributed by atoms with Gasteiger partial charge in [0.2, 0.25) is 11.8 Å². The SMILES string of the molecule is Cc1cccc(N(CC(=O)N(Cc2ccccc2C)[C@H](Cc2ccccc2)C(=O)NCC(C)C)S(=O)(=O)c2ccc(Cl)cc2)c1. The molecule has 0 aromatic heterocycles. The van der Waals surface area contributed by atoms with Gasteiger partial charge < -0.3 is 10.2 Å². The number of anilines is 1. The zero-order valence-electron chi connectivity index (χ0n) is 26.1. The Morgan fingerprint density at radius 2 is 1.51 bits per heavy atom. The number of aryl methyl sites for hydroxylation is 2. The van der Waals surface area contributed by atoms with E-state index in [-0.39, 0.29) is 29.7 Å². The van der Waals surface area contributed by atoms with Gasteiger partial charge in [-0.3, -0.25) is 13.9 Å². The maximum absolute atomic E-state index is 14.6. The van der Waals surface area contributed by atoms with E-state index in [0.717, 1.165) is 26.6 Å². The Labute approximate surface area is 271 Å². The molecule has 7 nitrogen and oxygen atoms in total. The van der Waals surface area contributed by atoms with E-state index in [1.165, 1.54) is 29.2 Å². The van der Waals surface area contributed by atoms with Crippen LogP contribution in [-0.4, -0.2) is 44.3 Å². The summed E-state index contributed by atoms with van der Waals surface area (Å²) >= 11 is 6.06. The van der Waals surface area contributed by atoms with Gasteiger partial charge in [0.15, 0.2) is 0 Å². The number of amides is 2. The number of rotatable bonds is 13. The topological polar surface area (TPSA) is 86.8 Å². The van der Waals surface area contributed by atoms with Crippen molar-refractivity contribution in [1.82, 2.24) is 10.2 Å². The van der Waals surface area contributed by atoms with Gasteiger partial charge in [-0.1, -0.05) is 92.2 Å². The molecule has 0 heterocycles. The van der Waals surface area contributed by atoms with E-state index in [4.69, 9.17) is 11.6 Å². The van der Waals surface area contributed by atoms with Crippen molar-refractivity contribution in [1.29, 1.82) is 0 Å². The Balaban J connectivity index is 1.81. The van der Waals surface area contributed by atoms with Crippen molar-refractivity contribution in [2.24, 2.45) is 5.92 Å². The molecule has 0 aliphatic rings. The second-order valence-electron chi connectivity index (χ2n) is 11.6. The third-order valence-electron chi connectivity index (χ3n) is 7.53. The van der Waals surface area contributed by atoms with Crippen LogP contribution in [0.3, 0.4) is 0 Å². The lowest BCUT2D eigenvalue weighted by Crippen LogP contribution is -2.53. The van der Waals surface area contributed by atoms with Crippen LogP contribution < -0.4 is 9.62 Å². The quantitative estimate of drug-likeness (QED) is 0.178. The molecule has 2 amide bonds. The van der Waals surface area contributed by atoms with Gasteiger partial charge in [-0.15, -0.1) is 0 Å². The minimum absolute atomic E-state index is 0.00201. The summed E-state index contributed by atoms with van der Waals surface area (Å²) in [5.41, 5.74) is 3.89. The third kappa shape index (κ3) is 8.96. The van der Waals surface area contributed by atoms with Crippen LogP contribution in [0.25, 0.3) is 0 Å². The first kappa shape index (κ1) is 33.7. The molecule has 0 aliphatic carbocycles. The van der Waals surface area contributed by atoms with E-state index < -0.39 is 28.5 Å². The van der Waals surface area contributed by atoms with Crippen molar-refractivity contribution in [3.8, 4) is 0 Å². The van der Waals surface area contributed by atoms with E-state index in [1.54, 1.807) is 18.2 Å². The van der Waals surface area contributed by atoms with Crippen LogP contribution in [0.4, 0.5) is 5.69 Å². The second kappa shape index (κ2) is 15.2. The Hall–Kier alpha value is -4.14. The molecule has 0 saturated carbocycles. The minimum Gasteiger partial charge on any atom is -0.354 e. The summed E-state index contributed by atoms with van der Waals surface area (Å²) < 4.78 is 29.4. The second-order valence-corrected chi connectivity index (χ2v) is 13.9. The molecule has 0 unspecified atom stereocenters. The summed E-state index contributed by atoms with van der Waals surface area (Å²) in [6.45, 7) is 7.87. The first-order valence-corrected chi connectivity index (χ1v) is 16.8. The van der Waals surface area contributed by atoms with Gasteiger partial charge in [-0.05, 0) is 78.4 Å². The monoisotopic (exact) mass is 645 g/mol. The molecule has 4 aromatic rings. The number of carbonyl (C=O) groups excluding carboxylic acids is 2. The highest BCUT2D eigenvalue weighted by atomic mass is 35.5. The van der Waals surface area contributed by atoms with Gasteiger partial charge in [0.1, 0.15) is 12.6 Å². The number of benzene rings is 4. The van der Waals surface area contributed by atoms with Crippen molar-refractivity contribution in [2.75, 3.05) is 17.4 Å². The highest BCUT2D eigenvalue weighted by Crippen LogP contribution is 2.27. The van der Waals surface area contributed by atoms with E-state index >= 15 is 0 Å². The maximum atomic E-state index is 14.6. The molecule has 45 heavy (non-hydrogen) atoms. The van der Waals surface area contributed by atoms with Crippen LogP contribution >= 0.6 is 11.6 Å². The van der Waals surface area contributed by atoms with Gasteiger partial charge in [0, 0.05) is 24.5 Å². The molecule has 0 spiro atoms. The summed E-state index contributed by atoms with van der Waals surface area (Å²) in [4.78, 5) is 29.9. The fourth-order valence-corrected chi connectivity index (χ4v) is 6.53. The Morgan fingerprint density at radius 1 is 0.844 bits per heavy atom. The zero-order valence-corrected chi connectivity index (χ0v) is 27.7. The van der Waals surface area contributed by atoms with Crippen molar-refractivity contribution < 1.29 is 18.0 Å². The van der Waals surface area contributed by atoms with Crippen molar-refractivity contribution >= 4 is 39.1 Å². The standard InChI is InChI=1S/C36H40ClN3O4S/c1-26(2)23-38-36(42)34(22-29-13-6-5-7-14-29)39(24-30-15-9-8-12-28(30)4)35(41)25-40(32-16-10-11-27(3)21-32)45(43,44)33-19-17-31(37)18-20-33/h5-21,26,34H,22-25H2,1-4H3,(H,38,42)/t34-/m1/s1. The van der Waals surface area contributed by atoms with E-state index in [0.29, 0.717) is 17.3 Å². The maximum Gasteiger partial charge on any atom is 0.264 e. The van der Waals surface area contributed by atoms with Crippen molar-refractivity contribution in [3.63, 3.8) is 0 Å². The van der Waals surface area contributed by atoms with E-state index in [2.05, 4.69) is 5.32 Å². The summed E-state index contributed by atoms with van der Waals surface area (Å²) in [5.74, 6) is -0.594. The van der Waals surface area contributed by atoms with Gasteiger partial charge in [0.05, 0.1) is 10.6 Å². The van der Waals surface area contributed by atoms with E-state index in [1.807, 2.05) is 88.4 Å². The molecule has 4 rings (SSSR count). The van der Waals surface area contributed by atoms with E-state index in [9.17, 15) is 18.0 Å². The third-order valence-corrected chi connectivity index (χ3v) is 9.57. The molecule has 236 valence electrons. The summed E-state index contributed by atoms with van der Waals surface area (Å²) in [5, 5.41) is 3.41. The van der Waals surface area contributed by atoms with Crippen LogP contribution in [0.5, 0.6) is 0 Å². The van der Waals surface area contributed by atoms with Gasteiger partial charge in [-0.25, -0.2) is 8.42 Å². The fraction of sp³-hybridized carbons (Fsp3) is 0.278. The van der Waals surface area contributed by atoms with Crippen molar-refractivity contribution in [3.05, 3.63) is 130 Å². The highest BCUT2D eigenvalue weighted by molar-refractivity contribution is 7.92. The number of hydrogen-bond donors (Lipinski definition) is 1. The zero-order chi connectivity index (χ0) is 32.6. The van der Waals surface area contributed by atoms with Gasteiger partial charge in [-0.2, -0.15) is 0 Å². The Morgan fingerprint density at radius 3 is 2.16 bits per heavy atom. The number of halogens is 1. The average molecular weight is 646 g/mol. The molecular formula is C36H40ClN3O4S. The van der Waals surface area contributed by atoms with Crippen LogP contribution in [0.15, 0.2) is 108 Å².